The lowest BCUT2D eigenvalue weighted by Gasteiger charge is -2.38. The van der Waals surface area contributed by atoms with Crippen LogP contribution in [0.2, 0.25) is 0 Å². The first-order valence-electron chi connectivity index (χ1n) is 14.0. The van der Waals surface area contributed by atoms with Gasteiger partial charge in [0, 0.05) is 61.8 Å². The van der Waals surface area contributed by atoms with Gasteiger partial charge in [-0.1, -0.05) is 32.9 Å². The minimum absolute atomic E-state index is 0.571. The van der Waals surface area contributed by atoms with Crippen LogP contribution in [-0.2, 0) is 6.18 Å². The standard InChI is InChI=1S/C27H38F3N5S.C2H6/c1-3-33(20-31-2)11-5-10-32-17-21-6-4-7-22(21)18-34-12-14-35(15-13-34)25-19-36-26-16-23(27(28,29)30)8-9-24(25)26;1-2/h3,8-9,16,19-22,32H,1,4-7,10-15,17-18H2,2H3;1-2H3/t21?,22-;/m0./s1. The molecule has 2 atom stereocenters. The predicted molar refractivity (Wildman–Crippen MR) is 156 cm³/mol. The van der Waals surface area contributed by atoms with Crippen molar-refractivity contribution in [3.63, 3.8) is 0 Å². The number of nitrogens with zero attached hydrogens (tertiary/aromatic N) is 4. The Labute approximate surface area is 230 Å². The van der Waals surface area contributed by atoms with Gasteiger partial charge >= 0.3 is 6.18 Å². The number of rotatable bonds is 11. The van der Waals surface area contributed by atoms with Gasteiger partial charge in [-0.05, 0) is 62.5 Å². The van der Waals surface area contributed by atoms with Crippen molar-refractivity contribution in [2.24, 2.45) is 16.8 Å². The van der Waals surface area contributed by atoms with Gasteiger partial charge in [0.1, 0.15) is 0 Å². The molecule has 2 aliphatic rings. The zero-order valence-corrected chi connectivity index (χ0v) is 24.0. The predicted octanol–water partition coefficient (Wildman–Crippen LogP) is 6.57. The van der Waals surface area contributed by atoms with Crippen molar-refractivity contribution in [1.82, 2.24) is 15.1 Å². The van der Waals surface area contributed by atoms with Crippen molar-refractivity contribution in [1.29, 1.82) is 0 Å². The number of piperazine rings is 1. The Kier molecular flexibility index (Phi) is 11.9. The normalized spacial score (nSPS) is 20.6. The molecule has 0 radical (unpaired) electrons. The van der Waals surface area contributed by atoms with Crippen LogP contribution in [-0.4, -0.2) is 75.5 Å². The number of benzene rings is 1. The maximum atomic E-state index is 13.1. The summed E-state index contributed by atoms with van der Waals surface area (Å²) in [4.78, 5) is 11.0. The van der Waals surface area contributed by atoms with Crippen LogP contribution in [0.4, 0.5) is 18.9 Å². The highest BCUT2D eigenvalue weighted by atomic mass is 32.1. The highest BCUT2D eigenvalue weighted by Gasteiger charge is 2.32. The number of nitrogens with one attached hydrogen (secondary N) is 1. The highest BCUT2D eigenvalue weighted by molar-refractivity contribution is 7.17. The van der Waals surface area contributed by atoms with Gasteiger partial charge in [0.2, 0.25) is 0 Å². The molecule has 1 aromatic heterocycles. The first-order valence-corrected chi connectivity index (χ1v) is 14.8. The van der Waals surface area contributed by atoms with Crippen molar-refractivity contribution in [3.05, 3.63) is 41.9 Å². The van der Waals surface area contributed by atoms with Crippen molar-refractivity contribution in [2.45, 2.75) is 45.7 Å². The summed E-state index contributed by atoms with van der Waals surface area (Å²) in [6.45, 7) is 15.8. The van der Waals surface area contributed by atoms with Crippen molar-refractivity contribution >= 4 is 33.4 Å². The molecule has 0 spiro atoms. The number of aliphatic imine (C=N–C) groups is 1. The summed E-state index contributed by atoms with van der Waals surface area (Å²) in [7, 11) is 1.77. The average molecular weight is 552 g/mol. The zero-order valence-electron chi connectivity index (χ0n) is 23.1. The maximum absolute atomic E-state index is 13.1. The van der Waals surface area contributed by atoms with Crippen LogP contribution < -0.4 is 10.2 Å². The number of fused-ring (bicyclic) bond motifs is 1. The fourth-order valence-electron chi connectivity index (χ4n) is 5.58. The fourth-order valence-corrected chi connectivity index (χ4v) is 6.59. The van der Waals surface area contributed by atoms with E-state index in [4.69, 9.17) is 0 Å². The van der Waals surface area contributed by atoms with Gasteiger partial charge in [-0.15, -0.1) is 11.3 Å². The minimum Gasteiger partial charge on any atom is -0.368 e. The second-order valence-electron chi connectivity index (χ2n) is 9.92. The molecular weight excluding hydrogens is 507 g/mol. The van der Waals surface area contributed by atoms with Crippen LogP contribution in [0, 0.1) is 11.8 Å². The Morgan fingerprint density at radius 1 is 1.16 bits per heavy atom. The summed E-state index contributed by atoms with van der Waals surface area (Å²) in [5.74, 6) is 1.48. The number of halogens is 3. The van der Waals surface area contributed by atoms with E-state index in [-0.39, 0.29) is 0 Å². The van der Waals surface area contributed by atoms with E-state index in [1.54, 1.807) is 13.1 Å². The Balaban J connectivity index is 0.00000195. The van der Waals surface area contributed by atoms with E-state index in [9.17, 15) is 13.2 Å². The quantitative estimate of drug-likeness (QED) is 0.195. The zero-order chi connectivity index (χ0) is 27.5. The van der Waals surface area contributed by atoms with Gasteiger partial charge in [0.25, 0.3) is 0 Å². The van der Waals surface area contributed by atoms with E-state index in [1.165, 1.54) is 42.7 Å². The largest absolute Gasteiger partial charge is 0.416 e. The van der Waals surface area contributed by atoms with Crippen LogP contribution in [0.25, 0.3) is 10.1 Å². The molecule has 1 aliphatic heterocycles. The summed E-state index contributed by atoms with van der Waals surface area (Å²) in [5.41, 5.74) is 0.505. The van der Waals surface area contributed by atoms with E-state index in [2.05, 4.69) is 26.7 Å². The minimum atomic E-state index is -4.30. The lowest BCUT2D eigenvalue weighted by Crippen LogP contribution is -2.48. The van der Waals surface area contributed by atoms with Gasteiger partial charge < -0.3 is 15.1 Å². The second kappa shape index (κ2) is 14.9. The number of alkyl halides is 3. The van der Waals surface area contributed by atoms with E-state index in [0.717, 1.165) is 81.7 Å². The molecule has 0 amide bonds. The molecule has 38 heavy (non-hydrogen) atoms. The summed E-state index contributed by atoms with van der Waals surface area (Å²) in [6.07, 6.45) is 4.31. The van der Waals surface area contributed by atoms with Crippen molar-refractivity contribution in [2.75, 3.05) is 64.3 Å². The van der Waals surface area contributed by atoms with Gasteiger partial charge in [-0.25, -0.2) is 0 Å². The number of hydrogen-bond donors (Lipinski definition) is 1. The number of anilines is 1. The van der Waals surface area contributed by atoms with Gasteiger partial charge in [0.05, 0.1) is 17.6 Å². The average Bonchev–Trinajstić information content (AvgIpc) is 3.55. The van der Waals surface area contributed by atoms with E-state index < -0.39 is 11.7 Å². The monoisotopic (exact) mass is 551 g/mol. The van der Waals surface area contributed by atoms with E-state index in [1.807, 2.05) is 36.7 Å². The molecular formula is C29H44F3N5S. The third-order valence-corrected chi connectivity index (χ3v) is 8.51. The molecule has 1 aromatic carbocycles. The number of hydrogen-bond acceptors (Lipinski definition) is 5. The van der Waals surface area contributed by atoms with Crippen LogP contribution in [0.15, 0.2) is 41.4 Å². The second-order valence-corrected chi connectivity index (χ2v) is 10.8. The first kappa shape index (κ1) is 30.4. The maximum Gasteiger partial charge on any atom is 0.416 e. The molecule has 2 aromatic rings. The molecule has 2 fully saturated rings. The summed E-state index contributed by atoms with van der Waals surface area (Å²) in [5, 5.41) is 6.62. The molecule has 4 rings (SSSR count). The third kappa shape index (κ3) is 8.20. The van der Waals surface area contributed by atoms with Gasteiger partial charge in [-0.3, -0.25) is 9.89 Å². The Hall–Kier alpha value is -2.10. The molecule has 1 saturated carbocycles. The molecule has 1 unspecified atom stereocenters. The van der Waals surface area contributed by atoms with Crippen LogP contribution in [0.5, 0.6) is 0 Å². The molecule has 1 aliphatic carbocycles. The van der Waals surface area contributed by atoms with Gasteiger partial charge in [0.15, 0.2) is 0 Å². The van der Waals surface area contributed by atoms with Crippen LogP contribution in [0.1, 0.15) is 45.1 Å². The lowest BCUT2D eigenvalue weighted by molar-refractivity contribution is -0.137. The smallest absolute Gasteiger partial charge is 0.368 e. The van der Waals surface area contributed by atoms with Crippen molar-refractivity contribution < 1.29 is 13.2 Å². The lowest BCUT2D eigenvalue weighted by atomic mass is 9.95. The third-order valence-electron chi connectivity index (χ3n) is 7.58. The Bertz CT molecular complexity index is 1010. The number of thiophene rings is 1. The Morgan fingerprint density at radius 2 is 1.89 bits per heavy atom. The van der Waals surface area contributed by atoms with Gasteiger partial charge in [-0.2, -0.15) is 13.2 Å². The molecule has 212 valence electrons. The molecule has 2 heterocycles. The molecule has 1 N–H and O–H groups in total. The Morgan fingerprint density at radius 3 is 2.58 bits per heavy atom. The fraction of sp³-hybridized carbons (Fsp3) is 0.621. The highest BCUT2D eigenvalue weighted by Crippen LogP contribution is 2.38. The summed E-state index contributed by atoms with van der Waals surface area (Å²) in [6, 6.07) is 4.12. The first-order chi connectivity index (χ1) is 18.4. The van der Waals surface area contributed by atoms with E-state index in [0.29, 0.717) is 4.70 Å². The molecule has 5 nitrogen and oxygen atoms in total. The van der Waals surface area contributed by atoms with Crippen LogP contribution in [0.3, 0.4) is 0 Å². The summed E-state index contributed by atoms with van der Waals surface area (Å²) >= 11 is 1.41. The molecule has 1 saturated heterocycles. The van der Waals surface area contributed by atoms with Crippen molar-refractivity contribution in [3.8, 4) is 0 Å². The molecule has 9 heteroatoms. The topological polar surface area (TPSA) is 34.1 Å². The molecule has 0 bridgehead atoms. The van der Waals surface area contributed by atoms with Crippen LogP contribution >= 0.6 is 11.3 Å². The van der Waals surface area contributed by atoms with E-state index >= 15 is 0 Å². The summed E-state index contributed by atoms with van der Waals surface area (Å²) < 4.78 is 39.9. The SMILES string of the molecule is C=CN(C=NC)CCCNCC1CCC[C@H]1CN1CCN(c2csc3cc(C(F)(F)F)ccc23)CC1.CC.